The lowest BCUT2D eigenvalue weighted by atomic mass is 10.1. The molecule has 0 spiro atoms. The summed E-state index contributed by atoms with van der Waals surface area (Å²) < 4.78 is 0. The van der Waals surface area contributed by atoms with Crippen LogP contribution in [-0.2, 0) is 0 Å². The highest BCUT2D eigenvalue weighted by molar-refractivity contribution is 5.61. The molecule has 3 heteroatoms. The summed E-state index contributed by atoms with van der Waals surface area (Å²) in [6.07, 6.45) is 1.98. The standard InChI is InChI=1S/C15H17N3/c1-2-4-13(5-3-1)15-7-6-14(12-17-15)18-10-8-16-9-11-18/h1-7,12,16H,8-11H2. The van der Waals surface area contributed by atoms with Gasteiger partial charge in [-0.15, -0.1) is 0 Å². The van der Waals surface area contributed by atoms with Crippen LogP contribution in [0.15, 0.2) is 48.7 Å². The maximum Gasteiger partial charge on any atom is 0.0703 e. The lowest BCUT2D eigenvalue weighted by Gasteiger charge is -2.29. The van der Waals surface area contributed by atoms with Gasteiger partial charge in [-0.1, -0.05) is 30.3 Å². The van der Waals surface area contributed by atoms with Crippen molar-refractivity contribution in [2.45, 2.75) is 0 Å². The van der Waals surface area contributed by atoms with Crippen molar-refractivity contribution in [1.82, 2.24) is 10.3 Å². The first-order chi connectivity index (χ1) is 8.93. The SMILES string of the molecule is c1ccc(-c2ccc(N3CCNCC3)cn2)cc1. The van der Waals surface area contributed by atoms with E-state index in [1.165, 1.54) is 11.3 Å². The number of nitrogens with one attached hydrogen (secondary N) is 1. The van der Waals surface area contributed by atoms with E-state index < -0.39 is 0 Å². The fourth-order valence-electron chi connectivity index (χ4n) is 2.28. The third kappa shape index (κ3) is 2.36. The number of anilines is 1. The minimum Gasteiger partial charge on any atom is -0.368 e. The van der Waals surface area contributed by atoms with Crippen LogP contribution in [-0.4, -0.2) is 31.2 Å². The zero-order valence-corrected chi connectivity index (χ0v) is 10.3. The Bertz CT molecular complexity index is 487. The topological polar surface area (TPSA) is 28.2 Å². The first kappa shape index (κ1) is 11.2. The summed E-state index contributed by atoms with van der Waals surface area (Å²) in [6.45, 7) is 4.24. The summed E-state index contributed by atoms with van der Waals surface area (Å²) in [5.74, 6) is 0. The fraction of sp³-hybridized carbons (Fsp3) is 0.267. The van der Waals surface area contributed by atoms with E-state index in [-0.39, 0.29) is 0 Å². The number of hydrogen-bond acceptors (Lipinski definition) is 3. The fourth-order valence-corrected chi connectivity index (χ4v) is 2.28. The lowest BCUT2D eigenvalue weighted by Crippen LogP contribution is -2.43. The molecular formula is C15H17N3. The Morgan fingerprint density at radius 3 is 2.39 bits per heavy atom. The maximum atomic E-state index is 4.56. The van der Waals surface area contributed by atoms with Crippen LogP contribution in [0.3, 0.4) is 0 Å². The van der Waals surface area contributed by atoms with Crippen molar-refractivity contribution in [3.05, 3.63) is 48.7 Å². The zero-order valence-electron chi connectivity index (χ0n) is 10.3. The summed E-state index contributed by atoms with van der Waals surface area (Å²) in [5, 5.41) is 3.36. The Morgan fingerprint density at radius 1 is 0.944 bits per heavy atom. The van der Waals surface area contributed by atoms with Crippen molar-refractivity contribution >= 4 is 5.69 Å². The molecule has 1 aliphatic heterocycles. The third-order valence-electron chi connectivity index (χ3n) is 3.30. The van der Waals surface area contributed by atoms with E-state index in [2.05, 4.69) is 39.5 Å². The van der Waals surface area contributed by atoms with Crippen LogP contribution < -0.4 is 10.2 Å². The number of benzene rings is 1. The van der Waals surface area contributed by atoms with Gasteiger partial charge in [-0.25, -0.2) is 0 Å². The minimum atomic E-state index is 1.04. The normalized spacial score (nSPS) is 15.7. The van der Waals surface area contributed by atoms with Crippen LogP contribution in [0.25, 0.3) is 11.3 Å². The van der Waals surface area contributed by atoms with E-state index in [9.17, 15) is 0 Å². The average molecular weight is 239 g/mol. The molecule has 0 radical (unpaired) electrons. The van der Waals surface area contributed by atoms with Crippen LogP contribution in [0.2, 0.25) is 0 Å². The molecule has 1 N–H and O–H groups in total. The molecule has 1 saturated heterocycles. The second-order valence-electron chi connectivity index (χ2n) is 4.50. The molecule has 18 heavy (non-hydrogen) atoms. The van der Waals surface area contributed by atoms with Gasteiger partial charge in [-0.05, 0) is 12.1 Å². The van der Waals surface area contributed by atoms with Gasteiger partial charge in [0.1, 0.15) is 0 Å². The summed E-state index contributed by atoms with van der Waals surface area (Å²) in [4.78, 5) is 6.94. The minimum absolute atomic E-state index is 1.04. The molecule has 1 aromatic carbocycles. The molecule has 0 bridgehead atoms. The Balaban J connectivity index is 1.80. The number of aromatic nitrogens is 1. The van der Waals surface area contributed by atoms with E-state index >= 15 is 0 Å². The molecule has 0 atom stereocenters. The van der Waals surface area contributed by atoms with E-state index in [4.69, 9.17) is 0 Å². The van der Waals surface area contributed by atoms with Gasteiger partial charge < -0.3 is 10.2 Å². The molecule has 2 aromatic rings. The number of piperazine rings is 1. The molecule has 0 aliphatic carbocycles. The Kier molecular flexibility index (Phi) is 3.24. The highest BCUT2D eigenvalue weighted by Crippen LogP contribution is 2.20. The van der Waals surface area contributed by atoms with Crippen molar-refractivity contribution in [1.29, 1.82) is 0 Å². The molecule has 1 fully saturated rings. The van der Waals surface area contributed by atoms with Crippen LogP contribution in [0, 0.1) is 0 Å². The quantitative estimate of drug-likeness (QED) is 0.870. The van der Waals surface area contributed by atoms with Gasteiger partial charge >= 0.3 is 0 Å². The zero-order chi connectivity index (χ0) is 12.2. The lowest BCUT2D eigenvalue weighted by molar-refractivity contribution is 0.589. The van der Waals surface area contributed by atoms with Gasteiger partial charge in [0.25, 0.3) is 0 Å². The molecule has 3 rings (SSSR count). The first-order valence-corrected chi connectivity index (χ1v) is 6.41. The second-order valence-corrected chi connectivity index (χ2v) is 4.50. The van der Waals surface area contributed by atoms with Crippen LogP contribution in [0.5, 0.6) is 0 Å². The van der Waals surface area contributed by atoms with Gasteiger partial charge in [-0.2, -0.15) is 0 Å². The van der Waals surface area contributed by atoms with Gasteiger partial charge in [-0.3, -0.25) is 4.98 Å². The molecule has 0 unspecified atom stereocenters. The largest absolute Gasteiger partial charge is 0.368 e. The van der Waals surface area contributed by atoms with Crippen molar-refractivity contribution in [2.75, 3.05) is 31.1 Å². The molecule has 1 aliphatic rings. The number of hydrogen-bond donors (Lipinski definition) is 1. The highest BCUT2D eigenvalue weighted by atomic mass is 15.2. The van der Waals surface area contributed by atoms with E-state index in [1.54, 1.807) is 0 Å². The molecular weight excluding hydrogens is 222 g/mol. The summed E-state index contributed by atoms with van der Waals surface area (Å²) >= 11 is 0. The van der Waals surface area contributed by atoms with Crippen molar-refractivity contribution in [3.8, 4) is 11.3 Å². The molecule has 2 heterocycles. The average Bonchev–Trinajstić information content (AvgIpc) is 2.49. The van der Waals surface area contributed by atoms with Gasteiger partial charge in [0.05, 0.1) is 17.6 Å². The van der Waals surface area contributed by atoms with Crippen LogP contribution in [0.1, 0.15) is 0 Å². The Labute approximate surface area is 107 Å². The predicted octanol–water partition coefficient (Wildman–Crippen LogP) is 2.16. The van der Waals surface area contributed by atoms with Crippen molar-refractivity contribution < 1.29 is 0 Å². The molecule has 1 aromatic heterocycles. The van der Waals surface area contributed by atoms with Crippen LogP contribution >= 0.6 is 0 Å². The number of pyridine rings is 1. The maximum absolute atomic E-state index is 4.56. The highest BCUT2D eigenvalue weighted by Gasteiger charge is 2.10. The van der Waals surface area contributed by atoms with Gasteiger partial charge in [0.15, 0.2) is 0 Å². The Hall–Kier alpha value is -1.87. The second kappa shape index (κ2) is 5.19. The van der Waals surface area contributed by atoms with E-state index in [1.807, 2.05) is 24.4 Å². The van der Waals surface area contributed by atoms with Crippen molar-refractivity contribution in [2.24, 2.45) is 0 Å². The van der Waals surface area contributed by atoms with Crippen molar-refractivity contribution in [3.63, 3.8) is 0 Å². The first-order valence-electron chi connectivity index (χ1n) is 6.41. The third-order valence-corrected chi connectivity index (χ3v) is 3.30. The smallest absolute Gasteiger partial charge is 0.0703 e. The molecule has 3 nitrogen and oxygen atoms in total. The Morgan fingerprint density at radius 2 is 1.72 bits per heavy atom. The molecule has 0 saturated carbocycles. The van der Waals surface area contributed by atoms with Crippen LogP contribution in [0.4, 0.5) is 5.69 Å². The summed E-state index contributed by atoms with van der Waals surface area (Å²) in [7, 11) is 0. The summed E-state index contributed by atoms with van der Waals surface area (Å²) in [6, 6.07) is 14.6. The molecule has 92 valence electrons. The van der Waals surface area contributed by atoms with E-state index in [0.717, 1.165) is 31.9 Å². The predicted molar refractivity (Wildman–Crippen MR) is 74.8 cm³/mol. The molecule has 0 amide bonds. The number of rotatable bonds is 2. The number of nitrogens with zero attached hydrogens (tertiary/aromatic N) is 2. The summed E-state index contributed by atoms with van der Waals surface area (Å²) in [5.41, 5.74) is 3.43. The monoisotopic (exact) mass is 239 g/mol. The van der Waals surface area contributed by atoms with Gasteiger partial charge in [0, 0.05) is 31.7 Å². The van der Waals surface area contributed by atoms with Gasteiger partial charge in [0.2, 0.25) is 0 Å². The van der Waals surface area contributed by atoms with E-state index in [0.29, 0.717) is 0 Å².